The van der Waals surface area contributed by atoms with Gasteiger partial charge in [-0.2, -0.15) is 0 Å². The fraction of sp³-hybridized carbons (Fsp3) is 0.286. The molecule has 2 aromatic rings. The Morgan fingerprint density at radius 1 is 1.69 bits per heavy atom. The molecule has 0 atom stereocenters. The van der Waals surface area contributed by atoms with E-state index in [1.54, 1.807) is 12.5 Å². The molecule has 0 aromatic carbocycles. The van der Waals surface area contributed by atoms with Gasteiger partial charge in [0.1, 0.15) is 0 Å². The van der Waals surface area contributed by atoms with Crippen molar-refractivity contribution in [3.63, 3.8) is 0 Å². The van der Waals surface area contributed by atoms with Gasteiger partial charge in [0.15, 0.2) is 5.82 Å². The Bertz CT molecular complexity index is 453. The Morgan fingerprint density at radius 2 is 2.54 bits per heavy atom. The summed E-state index contributed by atoms with van der Waals surface area (Å²) in [6.07, 6.45) is 3.92. The van der Waals surface area contributed by atoms with Crippen LogP contribution in [0.15, 0.2) is 21.8 Å². The Balaban J connectivity index is 2.24. The van der Waals surface area contributed by atoms with Crippen LogP contribution in [0.2, 0.25) is 0 Å². The van der Waals surface area contributed by atoms with E-state index in [1.165, 1.54) is 0 Å². The fourth-order valence-corrected chi connectivity index (χ4v) is 1.06. The maximum atomic E-state index is 10.6. The molecule has 0 saturated heterocycles. The van der Waals surface area contributed by atoms with Crippen molar-refractivity contribution in [2.75, 3.05) is 0 Å². The minimum absolute atomic E-state index is 0.508. The van der Waals surface area contributed by atoms with Gasteiger partial charge in [-0.1, -0.05) is 5.16 Å². The molecule has 0 spiro atoms. The van der Waals surface area contributed by atoms with Crippen LogP contribution in [0.1, 0.15) is 11.5 Å². The summed E-state index contributed by atoms with van der Waals surface area (Å²) in [5.74, 6) is -0.0224. The van der Waals surface area contributed by atoms with Gasteiger partial charge in [-0.3, -0.25) is 9.51 Å². The molecular formula is C7H8N4O2. The average Bonchev–Trinajstić information content (AvgIpc) is 2.64. The molecule has 2 heterocycles. The van der Waals surface area contributed by atoms with Crippen LogP contribution >= 0.6 is 0 Å². The van der Waals surface area contributed by atoms with Crippen LogP contribution in [0, 0.1) is 0 Å². The molecule has 0 bridgehead atoms. The number of aromatic nitrogens is 4. The van der Waals surface area contributed by atoms with Crippen LogP contribution in [0.4, 0.5) is 0 Å². The van der Waals surface area contributed by atoms with Gasteiger partial charge in [0, 0.05) is 18.9 Å². The lowest BCUT2D eigenvalue weighted by atomic mass is 10.3. The number of aryl methyl sites for hydroxylation is 1. The smallest absolute Gasteiger partial charge is 0.337 e. The zero-order valence-electron chi connectivity index (χ0n) is 7.02. The molecule has 0 saturated carbocycles. The number of rotatable bonds is 2. The first kappa shape index (κ1) is 7.78. The van der Waals surface area contributed by atoms with E-state index in [0.717, 1.165) is 5.69 Å². The number of hydrogen-bond acceptors (Lipinski definition) is 4. The molecule has 1 N–H and O–H groups in total. The molecule has 2 aromatic heterocycles. The Hall–Kier alpha value is -1.85. The lowest BCUT2D eigenvalue weighted by Crippen LogP contribution is -2.00. The zero-order chi connectivity index (χ0) is 9.26. The van der Waals surface area contributed by atoms with Crippen LogP contribution < -0.4 is 5.76 Å². The molecule has 0 aliphatic rings. The Morgan fingerprint density at radius 3 is 3.08 bits per heavy atom. The third kappa shape index (κ3) is 1.51. The highest BCUT2D eigenvalue weighted by Gasteiger charge is 2.04. The maximum Gasteiger partial charge on any atom is 0.438 e. The third-order valence-electron chi connectivity index (χ3n) is 1.75. The molecule has 0 amide bonds. The van der Waals surface area contributed by atoms with Gasteiger partial charge in [-0.25, -0.2) is 9.78 Å². The summed E-state index contributed by atoms with van der Waals surface area (Å²) in [5.41, 5.74) is 0.963. The van der Waals surface area contributed by atoms with Crippen LogP contribution in [-0.2, 0) is 13.5 Å². The Labute approximate surface area is 73.2 Å². The third-order valence-corrected chi connectivity index (χ3v) is 1.75. The molecule has 2 rings (SSSR count). The number of imidazole rings is 1. The first-order chi connectivity index (χ1) is 6.25. The SMILES string of the molecule is Cn1cncc1Cc1noc(=O)[nH]1. The molecule has 0 radical (unpaired) electrons. The van der Waals surface area contributed by atoms with Gasteiger partial charge in [0.2, 0.25) is 0 Å². The van der Waals surface area contributed by atoms with E-state index >= 15 is 0 Å². The second kappa shape index (κ2) is 2.89. The number of aromatic amines is 1. The number of hydrogen-bond donors (Lipinski definition) is 1. The monoisotopic (exact) mass is 180 g/mol. The Kier molecular flexibility index (Phi) is 1.73. The zero-order valence-corrected chi connectivity index (χ0v) is 7.02. The number of nitrogens with zero attached hydrogens (tertiary/aromatic N) is 3. The highest BCUT2D eigenvalue weighted by Crippen LogP contribution is 2.01. The van der Waals surface area contributed by atoms with E-state index in [0.29, 0.717) is 12.2 Å². The number of nitrogens with one attached hydrogen (secondary N) is 1. The summed E-state index contributed by atoms with van der Waals surface area (Å²) in [4.78, 5) is 17.0. The van der Waals surface area contributed by atoms with E-state index in [-0.39, 0.29) is 0 Å². The second-order valence-electron chi connectivity index (χ2n) is 2.71. The van der Waals surface area contributed by atoms with Crippen LogP contribution in [0.3, 0.4) is 0 Å². The highest BCUT2D eigenvalue weighted by molar-refractivity contribution is 5.04. The number of H-pyrrole nitrogens is 1. The molecule has 0 unspecified atom stereocenters. The van der Waals surface area contributed by atoms with Crippen LogP contribution in [0.25, 0.3) is 0 Å². The molecule has 0 aliphatic carbocycles. The minimum atomic E-state index is -0.530. The second-order valence-corrected chi connectivity index (χ2v) is 2.71. The van der Waals surface area contributed by atoms with E-state index in [9.17, 15) is 4.79 Å². The summed E-state index contributed by atoms with van der Waals surface area (Å²) in [6.45, 7) is 0. The predicted molar refractivity (Wildman–Crippen MR) is 43.1 cm³/mol. The van der Waals surface area contributed by atoms with Gasteiger partial charge >= 0.3 is 5.76 Å². The van der Waals surface area contributed by atoms with E-state index < -0.39 is 5.76 Å². The van der Waals surface area contributed by atoms with E-state index in [1.807, 2.05) is 11.6 Å². The van der Waals surface area contributed by atoms with E-state index in [2.05, 4.69) is 19.6 Å². The van der Waals surface area contributed by atoms with Crippen molar-refractivity contribution < 1.29 is 4.52 Å². The van der Waals surface area contributed by atoms with Crippen molar-refractivity contribution in [1.82, 2.24) is 19.7 Å². The quantitative estimate of drug-likeness (QED) is 0.687. The standard InChI is InChI=1S/C7H8N4O2/c1-11-4-8-3-5(11)2-6-9-7(12)13-10-6/h3-4H,2H2,1H3,(H,9,10,12). The predicted octanol–water partition coefficient (Wildman–Crippen LogP) is -0.313. The van der Waals surface area contributed by atoms with Gasteiger partial charge < -0.3 is 4.57 Å². The maximum absolute atomic E-state index is 10.6. The topological polar surface area (TPSA) is 76.7 Å². The van der Waals surface area contributed by atoms with Gasteiger partial charge in [0.25, 0.3) is 0 Å². The first-order valence-electron chi connectivity index (χ1n) is 3.76. The van der Waals surface area contributed by atoms with Gasteiger partial charge in [0.05, 0.1) is 12.7 Å². The van der Waals surface area contributed by atoms with Crippen molar-refractivity contribution >= 4 is 0 Å². The summed E-state index contributed by atoms with van der Waals surface area (Å²) < 4.78 is 6.22. The van der Waals surface area contributed by atoms with Crippen molar-refractivity contribution in [2.45, 2.75) is 6.42 Å². The van der Waals surface area contributed by atoms with Crippen molar-refractivity contribution in [3.05, 3.63) is 34.6 Å². The molecule has 6 heteroatoms. The largest absolute Gasteiger partial charge is 0.438 e. The average molecular weight is 180 g/mol. The van der Waals surface area contributed by atoms with Crippen LogP contribution in [0.5, 0.6) is 0 Å². The van der Waals surface area contributed by atoms with Crippen molar-refractivity contribution in [1.29, 1.82) is 0 Å². The molecule has 0 aliphatic heterocycles. The van der Waals surface area contributed by atoms with E-state index in [4.69, 9.17) is 0 Å². The summed E-state index contributed by atoms with van der Waals surface area (Å²) in [6, 6.07) is 0. The summed E-state index contributed by atoms with van der Waals surface area (Å²) in [5, 5.41) is 3.55. The highest BCUT2D eigenvalue weighted by atomic mass is 16.5. The molecule has 6 nitrogen and oxygen atoms in total. The van der Waals surface area contributed by atoms with Gasteiger partial charge in [-0.05, 0) is 0 Å². The molecule has 68 valence electrons. The van der Waals surface area contributed by atoms with Crippen molar-refractivity contribution in [3.8, 4) is 0 Å². The van der Waals surface area contributed by atoms with Crippen LogP contribution in [-0.4, -0.2) is 19.7 Å². The van der Waals surface area contributed by atoms with Gasteiger partial charge in [-0.15, -0.1) is 0 Å². The fourth-order valence-electron chi connectivity index (χ4n) is 1.06. The molecule has 0 fully saturated rings. The summed E-state index contributed by atoms with van der Waals surface area (Å²) in [7, 11) is 1.88. The van der Waals surface area contributed by atoms with Crippen molar-refractivity contribution in [2.24, 2.45) is 7.05 Å². The summed E-state index contributed by atoms with van der Waals surface area (Å²) >= 11 is 0. The molecule has 13 heavy (non-hydrogen) atoms. The first-order valence-corrected chi connectivity index (χ1v) is 3.76. The molecular weight excluding hydrogens is 172 g/mol. The lowest BCUT2D eigenvalue weighted by Gasteiger charge is -1.96. The lowest BCUT2D eigenvalue weighted by molar-refractivity contribution is 0.382. The normalized spacial score (nSPS) is 10.5. The minimum Gasteiger partial charge on any atom is -0.337 e.